The lowest BCUT2D eigenvalue weighted by atomic mass is 9.88. The van der Waals surface area contributed by atoms with Gasteiger partial charge in [-0.15, -0.1) is 0 Å². The van der Waals surface area contributed by atoms with Crippen molar-refractivity contribution in [1.82, 2.24) is 4.98 Å². The molecule has 2 saturated carbocycles. The van der Waals surface area contributed by atoms with Gasteiger partial charge in [-0.3, -0.25) is 4.79 Å². The van der Waals surface area contributed by atoms with Crippen LogP contribution in [0.25, 0.3) is 10.9 Å². The number of amides is 1. The van der Waals surface area contributed by atoms with E-state index in [2.05, 4.69) is 10.3 Å². The van der Waals surface area contributed by atoms with Crippen molar-refractivity contribution in [2.24, 2.45) is 17.8 Å². The normalized spacial score (nSPS) is 27.9. The Labute approximate surface area is 118 Å². The molecule has 3 atom stereocenters. The summed E-state index contributed by atoms with van der Waals surface area (Å²) in [7, 11) is 0. The highest BCUT2D eigenvalue weighted by atomic mass is 16.2. The minimum Gasteiger partial charge on any atom is -0.310 e. The van der Waals surface area contributed by atoms with Gasteiger partial charge < -0.3 is 5.32 Å². The molecule has 0 saturated heterocycles. The topological polar surface area (TPSA) is 42.0 Å². The van der Waals surface area contributed by atoms with Gasteiger partial charge in [-0.25, -0.2) is 4.98 Å². The quantitative estimate of drug-likeness (QED) is 0.902. The first-order valence-corrected chi connectivity index (χ1v) is 7.46. The summed E-state index contributed by atoms with van der Waals surface area (Å²) in [6.07, 6.45) is 4.88. The van der Waals surface area contributed by atoms with Crippen molar-refractivity contribution in [1.29, 1.82) is 0 Å². The molecular formula is C17H18N2O. The lowest BCUT2D eigenvalue weighted by molar-refractivity contribution is -0.121. The number of hydrogen-bond donors (Lipinski definition) is 1. The summed E-state index contributed by atoms with van der Waals surface area (Å²) in [5.41, 5.74) is 0.929. The number of carbonyl (C=O) groups is 1. The summed E-state index contributed by atoms with van der Waals surface area (Å²) in [6.45, 7) is 0. The summed E-state index contributed by atoms with van der Waals surface area (Å²) in [5, 5.41) is 4.11. The summed E-state index contributed by atoms with van der Waals surface area (Å²) >= 11 is 0. The molecule has 0 unspecified atom stereocenters. The van der Waals surface area contributed by atoms with Crippen molar-refractivity contribution in [3.05, 3.63) is 36.4 Å². The molecule has 1 amide bonds. The molecule has 4 rings (SSSR count). The van der Waals surface area contributed by atoms with E-state index in [9.17, 15) is 4.79 Å². The monoisotopic (exact) mass is 266 g/mol. The molecule has 1 aromatic carbocycles. The van der Waals surface area contributed by atoms with Crippen LogP contribution >= 0.6 is 0 Å². The Morgan fingerprint density at radius 2 is 2.00 bits per heavy atom. The molecule has 102 valence electrons. The molecule has 3 heteroatoms. The van der Waals surface area contributed by atoms with Crippen LogP contribution in [-0.4, -0.2) is 10.9 Å². The zero-order valence-electron chi connectivity index (χ0n) is 11.4. The number of anilines is 1. The molecule has 0 aliphatic heterocycles. The fourth-order valence-corrected chi connectivity index (χ4v) is 3.92. The van der Waals surface area contributed by atoms with Crippen molar-refractivity contribution in [2.45, 2.75) is 25.7 Å². The molecule has 2 aliphatic rings. The smallest absolute Gasteiger partial charge is 0.228 e. The van der Waals surface area contributed by atoms with E-state index in [1.165, 1.54) is 19.3 Å². The first kappa shape index (κ1) is 11.9. The van der Waals surface area contributed by atoms with Crippen LogP contribution in [0.5, 0.6) is 0 Å². The molecule has 2 aliphatic carbocycles. The number of rotatable bonds is 2. The number of pyridine rings is 1. The maximum Gasteiger partial charge on any atom is 0.228 e. The highest BCUT2D eigenvalue weighted by molar-refractivity contribution is 5.93. The van der Waals surface area contributed by atoms with Gasteiger partial charge >= 0.3 is 0 Å². The van der Waals surface area contributed by atoms with Crippen LogP contribution in [0.15, 0.2) is 36.4 Å². The minimum absolute atomic E-state index is 0.167. The number of nitrogens with zero attached hydrogens (tertiary/aromatic N) is 1. The predicted octanol–water partition coefficient (Wildman–Crippen LogP) is 3.61. The van der Waals surface area contributed by atoms with Gasteiger partial charge in [0.05, 0.1) is 5.52 Å². The second-order valence-electron chi connectivity index (χ2n) is 6.16. The van der Waals surface area contributed by atoms with Crippen LogP contribution < -0.4 is 5.32 Å². The second kappa shape index (κ2) is 4.58. The zero-order valence-corrected chi connectivity index (χ0v) is 11.4. The van der Waals surface area contributed by atoms with E-state index in [1.807, 2.05) is 36.4 Å². The van der Waals surface area contributed by atoms with E-state index in [-0.39, 0.29) is 11.8 Å². The summed E-state index contributed by atoms with van der Waals surface area (Å²) in [4.78, 5) is 16.9. The Morgan fingerprint density at radius 3 is 2.80 bits per heavy atom. The Morgan fingerprint density at radius 1 is 1.10 bits per heavy atom. The maximum atomic E-state index is 12.4. The van der Waals surface area contributed by atoms with E-state index in [1.54, 1.807) is 0 Å². The van der Waals surface area contributed by atoms with Crippen LogP contribution in [0.2, 0.25) is 0 Å². The lowest BCUT2D eigenvalue weighted by Crippen LogP contribution is -2.27. The minimum atomic E-state index is 0.167. The molecule has 1 N–H and O–H groups in total. The fraction of sp³-hybridized carbons (Fsp3) is 0.412. The first-order valence-electron chi connectivity index (χ1n) is 7.46. The van der Waals surface area contributed by atoms with Gasteiger partial charge in [0.25, 0.3) is 0 Å². The van der Waals surface area contributed by atoms with Gasteiger partial charge in [0, 0.05) is 11.3 Å². The Balaban J connectivity index is 1.53. The van der Waals surface area contributed by atoms with Gasteiger partial charge in [0.1, 0.15) is 5.82 Å². The Kier molecular flexibility index (Phi) is 2.72. The van der Waals surface area contributed by atoms with Crippen molar-refractivity contribution in [2.75, 3.05) is 5.32 Å². The van der Waals surface area contributed by atoms with Crippen LogP contribution in [-0.2, 0) is 4.79 Å². The number of nitrogens with one attached hydrogen (secondary N) is 1. The molecule has 0 spiro atoms. The largest absolute Gasteiger partial charge is 0.310 e. The number of para-hydroxylation sites is 1. The lowest BCUT2D eigenvalue weighted by Gasteiger charge is -2.20. The maximum absolute atomic E-state index is 12.4. The number of benzene rings is 1. The number of fused-ring (bicyclic) bond motifs is 3. The molecule has 2 bridgehead atoms. The SMILES string of the molecule is O=C(Nc1ccc2ccccc2n1)[C@H]1C[C@H]2CC[C@H]1C2. The summed E-state index contributed by atoms with van der Waals surface area (Å²) in [6, 6.07) is 11.9. The molecule has 2 fully saturated rings. The van der Waals surface area contributed by atoms with Crippen molar-refractivity contribution in [3.8, 4) is 0 Å². The van der Waals surface area contributed by atoms with Gasteiger partial charge in [0.15, 0.2) is 0 Å². The van der Waals surface area contributed by atoms with Crippen LogP contribution in [0.3, 0.4) is 0 Å². The third kappa shape index (κ3) is 1.98. The zero-order chi connectivity index (χ0) is 13.5. The van der Waals surface area contributed by atoms with E-state index >= 15 is 0 Å². The number of hydrogen-bond acceptors (Lipinski definition) is 2. The van der Waals surface area contributed by atoms with Gasteiger partial charge in [0.2, 0.25) is 5.91 Å². The molecule has 2 aromatic rings. The average molecular weight is 266 g/mol. The molecule has 1 aromatic heterocycles. The van der Waals surface area contributed by atoms with Crippen molar-refractivity contribution >= 4 is 22.6 Å². The highest BCUT2D eigenvalue weighted by Crippen LogP contribution is 2.48. The Bertz CT molecular complexity index is 667. The predicted molar refractivity (Wildman–Crippen MR) is 79.3 cm³/mol. The van der Waals surface area contributed by atoms with Crippen LogP contribution in [0.4, 0.5) is 5.82 Å². The Hall–Kier alpha value is -1.90. The van der Waals surface area contributed by atoms with Crippen LogP contribution in [0, 0.1) is 17.8 Å². The molecule has 3 nitrogen and oxygen atoms in total. The molecule has 20 heavy (non-hydrogen) atoms. The van der Waals surface area contributed by atoms with E-state index in [0.29, 0.717) is 11.7 Å². The summed E-state index contributed by atoms with van der Waals surface area (Å²) in [5.74, 6) is 2.46. The molecular weight excluding hydrogens is 248 g/mol. The third-order valence-electron chi connectivity index (χ3n) is 4.92. The first-order chi connectivity index (χ1) is 9.79. The van der Waals surface area contributed by atoms with E-state index in [4.69, 9.17) is 0 Å². The average Bonchev–Trinajstić information content (AvgIpc) is 3.10. The molecule has 0 radical (unpaired) electrons. The standard InChI is InChI=1S/C17H18N2O/c20-17(14-10-11-5-6-13(14)9-11)19-16-8-7-12-3-1-2-4-15(12)18-16/h1-4,7-8,11,13-14H,5-6,9-10H2,(H,18,19,20)/t11-,13-,14-/m0/s1. The van der Waals surface area contributed by atoms with Crippen LogP contribution in [0.1, 0.15) is 25.7 Å². The van der Waals surface area contributed by atoms with Gasteiger partial charge in [-0.2, -0.15) is 0 Å². The number of aromatic nitrogens is 1. The fourth-order valence-electron chi connectivity index (χ4n) is 3.92. The van der Waals surface area contributed by atoms with E-state index in [0.717, 1.165) is 23.2 Å². The third-order valence-corrected chi connectivity index (χ3v) is 4.92. The summed E-state index contributed by atoms with van der Waals surface area (Å²) < 4.78 is 0. The second-order valence-corrected chi connectivity index (χ2v) is 6.16. The van der Waals surface area contributed by atoms with Crippen molar-refractivity contribution < 1.29 is 4.79 Å². The van der Waals surface area contributed by atoms with Gasteiger partial charge in [-0.05, 0) is 49.3 Å². The number of carbonyl (C=O) groups excluding carboxylic acids is 1. The van der Waals surface area contributed by atoms with Gasteiger partial charge in [-0.1, -0.05) is 24.6 Å². The highest BCUT2D eigenvalue weighted by Gasteiger charge is 2.43. The van der Waals surface area contributed by atoms with Crippen molar-refractivity contribution in [3.63, 3.8) is 0 Å². The van der Waals surface area contributed by atoms with E-state index < -0.39 is 0 Å². The molecule has 1 heterocycles.